The molecule has 1 atom stereocenters. The number of ether oxygens (including phenoxy) is 1. The number of rotatable bonds is 7. The molecule has 1 rings (SSSR count). The molecule has 0 heterocycles. The number of nitriles is 1. The molecular formula is C15H22N2O. The molecule has 18 heavy (non-hydrogen) atoms. The van der Waals surface area contributed by atoms with Crippen molar-refractivity contribution in [3.63, 3.8) is 0 Å². The highest BCUT2D eigenvalue weighted by molar-refractivity contribution is 5.27. The van der Waals surface area contributed by atoms with Gasteiger partial charge in [-0.3, -0.25) is 0 Å². The molecule has 0 saturated heterocycles. The molecule has 1 unspecified atom stereocenters. The summed E-state index contributed by atoms with van der Waals surface area (Å²) in [5.74, 6) is 0.867. The third kappa shape index (κ3) is 4.38. The topological polar surface area (TPSA) is 45.0 Å². The monoisotopic (exact) mass is 246 g/mol. The van der Waals surface area contributed by atoms with Gasteiger partial charge in [-0.2, -0.15) is 5.26 Å². The summed E-state index contributed by atoms with van der Waals surface area (Å²) < 4.78 is 5.65. The molecule has 0 aliphatic carbocycles. The third-order valence-corrected chi connectivity index (χ3v) is 3.13. The van der Waals surface area contributed by atoms with Crippen LogP contribution in [0.4, 0.5) is 0 Å². The van der Waals surface area contributed by atoms with E-state index >= 15 is 0 Å². The Morgan fingerprint density at radius 3 is 2.50 bits per heavy atom. The largest absolute Gasteiger partial charge is 0.493 e. The fraction of sp³-hybridized carbons (Fsp3) is 0.533. The standard InChI is InChI=1S/C15H22N2O/c1-4-5-13-6-8-14(9-7-13)18-11-10-15(2,12-16)17-3/h6-9,17H,4-5,10-11H2,1-3H3. The predicted octanol–water partition coefficient (Wildman–Crippen LogP) is 2.91. The zero-order chi connectivity index (χ0) is 13.4. The summed E-state index contributed by atoms with van der Waals surface area (Å²) in [4.78, 5) is 0. The molecule has 0 spiro atoms. The lowest BCUT2D eigenvalue weighted by atomic mass is 10.0. The van der Waals surface area contributed by atoms with Crippen molar-refractivity contribution >= 4 is 0 Å². The van der Waals surface area contributed by atoms with Crippen molar-refractivity contribution in [2.45, 2.75) is 38.6 Å². The Morgan fingerprint density at radius 2 is 2.00 bits per heavy atom. The van der Waals surface area contributed by atoms with Crippen LogP contribution in [0.3, 0.4) is 0 Å². The maximum Gasteiger partial charge on any atom is 0.119 e. The lowest BCUT2D eigenvalue weighted by Crippen LogP contribution is -2.39. The van der Waals surface area contributed by atoms with E-state index in [4.69, 9.17) is 10.00 Å². The minimum absolute atomic E-state index is 0.512. The second-order valence-corrected chi connectivity index (χ2v) is 4.69. The van der Waals surface area contributed by atoms with Crippen LogP contribution in [0.2, 0.25) is 0 Å². The minimum atomic E-state index is -0.512. The van der Waals surface area contributed by atoms with E-state index in [0.717, 1.165) is 18.6 Å². The first-order chi connectivity index (χ1) is 8.63. The summed E-state index contributed by atoms with van der Waals surface area (Å²) in [5, 5.41) is 12.0. The van der Waals surface area contributed by atoms with Gasteiger partial charge in [0.05, 0.1) is 12.7 Å². The van der Waals surface area contributed by atoms with E-state index < -0.39 is 5.54 Å². The van der Waals surface area contributed by atoms with Crippen LogP contribution in [-0.2, 0) is 6.42 Å². The Labute approximate surface area is 110 Å². The van der Waals surface area contributed by atoms with Gasteiger partial charge in [-0.05, 0) is 38.1 Å². The van der Waals surface area contributed by atoms with E-state index in [0.29, 0.717) is 13.0 Å². The molecule has 0 aliphatic rings. The Balaban J connectivity index is 2.42. The van der Waals surface area contributed by atoms with Crippen molar-refractivity contribution in [1.29, 1.82) is 5.26 Å². The van der Waals surface area contributed by atoms with Crippen LogP contribution in [0, 0.1) is 11.3 Å². The van der Waals surface area contributed by atoms with Crippen LogP contribution in [-0.4, -0.2) is 19.2 Å². The van der Waals surface area contributed by atoms with Gasteiger partial charge in [-0.15, -0.1) is 0 Å². The molecule has 1 N–H and O–H groups in total. The number of benzene rings is 1. The highest BCUT2D eigenvalue weighted by atomic mass is 16.5. The molecule has 0 fully saturated rings. The summed E-state index contributed by atoms with van der Waals surface area (Å²) in [6.45, 7) is 4.59. The van der Waals surface area contributed by atoms with Crippen molar-refractivity contribution in [2.75, 3.05) is 13.7 Å². The van der Waals surface area contributed by atoms with Crippen LogP contribution in [0.5, 0.6) is 5.75 Å². The van der Waals surface area contributed by atoms with Crippen molar-refractivity contribution < 1.29 is 4.74 Å². The fourth-order valence-corrected chi connectivity index (χ4v) is 1.65. The number of hydrogen-bond acceptors (Lipinski definition) is 3. The number of nitrogens with one attached hydrogen (secondary N) is 1. The average molecular weight is 246 g/mol. The number of aryl methyl sites for hydroxylation is 1. The summed E-state index contributed by atoms with van der Waals surface area (Å²) in [5.41, 5.74) is 0.823. The molecule has 0 aliphatic heterocycles. The minimum Gasteiger partial charge on any atom is -0.493 e. The van der Waals surface area contributed by atoms with E-state index in [9.17, 15) is 0 Å². The SMILES string of the molecule is CCCc1ccc(OCCC(C)(C#N)NC)cc1. The summed E-state index contributed by atoms with van der Waals surface area (Å²) in [6.07, 6.45) is 2.92. The van der Waals surface area contributed by atoms with Crippen LogP contribution in [0.15, 0.2) is 24.3 Å². The van der Waals surface area contributed by atoms with Gasteiger partial charge in [0.2, 0.25) is 0 Å². The lowest BCUT2D eigenvalue weighted by molar-refractivity contribution is 0.273. The first-order valence-electron chi connectivity index (χ1n) is 6.45. The Hall–Kier alpha value is -1.53. The normalized spacial score (nSPS) is 13.7. The van der Waals surface area contributed by atoms with Gasteiger partial charge in [0.25, 0.3) is 0 Å². The molecule has 1 aromatic carbocycles. The zero-order valence-electron chi connectivity index (χ0n) is 11.5. The van der Waals surface area contributed by atoms with E-state index in [1.54, 1.807) is 7.05 Å². The molecule has 0 bridgehead atoms. The van der Waals surface area contributed by atoms with Crippen molar-refractivity contribution in [1.82, 2.24) is 5.32 Å². The Bertz CT molecular complexity index is 394. The quantitative estimate of drug-likeness (QED) is 0.804. The van der Waals surface area contributed by atoms with Gasteiger partial charge in [-0.25, -0.2) is 0 Å². The molecule has 3 heteroatoms. The molecule has 1 aromatic rings. The summed E-state index contributed by atoms with van der Waals surface area (Å²) in [6, 6.07) is 10.4. The van der Waals surface area contributed by atoms with Gasteiger partial charge >= 0.3 is 0 Å². The van der Waals surface area contributed by atoms with Gasteiger partial charge in [0.1, 0.15) is 11.3 Å². The zero-order valence-corrected chi connectivity index (χ0v) is 11.5. The highest BCUT2D eigenvalue weighted by Gasteiger charge is 2.20. The molecule has 0 saturated carbocycles. The van der Waals surface area contributed by atoms with Crippen LogP contribution in [0.25, 0.3) is 0 Å². The van der Waals surface area contributed by atoms with E-state index in [2.05, 4.69) is 30.4 Å². The van der Waals surface area contributed by atoms with Crippen LogP contribution in [0.1, 0.15) is 32.3 Å². The van der Waals surface area contributed by atoms with Crippen molar-refractivity contribution in [2.24, 2.45) is 0 Å². The second kappa shape index (κ2) is 7.03. The first-order valence-corrected chi connectivity index (χ1v) is 6.45. The van der Waals surface area contributed by atoms with E-state index in [-0.39, 0.29) is 0 Å². The van der Waals surface area contributed by atoms with E-state index in [1.807, 2.05) is 19.1 Å². The van der Waals surface area contributed by atoms with Crippen LogP contribution >= 0.6 is 0 Å². The highest BCUT2D eigenvalue weighted by Crippen LogP contribution is 2.15. The van der Waals surface area contributed by atoms with Gasteiger partial charge in [0.15, 0.2) is 0 Å². The first kappa shape index (κ1) is 14.5. The molecule has 0 amide bonds. The predicted molar refractivity (Wildman–Crippen MR) is 73.6 cm³/mol. The van der Waals surface area contributed by atoms with Gasteiger partial charge in [0, 0.05) is 6.42 Å². The fourth-order valence-electron chi connectivity index (χ4n) is 1.65. The third-order valence-electron chi connectivity index (χ3n) is 3.13. The number of nitrogens with zero attached hydrogens (tertiary/aromatic N) is 1. The number of hydrogen-bond donors (Lipinski definition) is 1. The maximum atomic E-state index is 9.01. The molecule has 98 valence electrons. The second-order valence-electron chi connectivity index (χ2n) is 4.69. The summed E-state index contributed by atoms with van der Waals surface area (Å²) in [7, 11) is 1.79. The Kier molecular flexibility index (Phi) is 5.67. The van der Waals surface area contributed by atoms with Crippen molar-refractivity contribution in [3.8, 4) is 11.8 Å². The van der Waals surface area contributed by atoms with E-state index in [1.165, 1.54) is 5.56 Å². The maximum absolute atomic E-state index is 9.01. The van der Waals surface area contributed by atoms with Gasteiger partial charge in [-0.1, -0.05) is 25.5 Å². The smallest absolute Gasteiger partial charge is 0.119 e. The molecule has 0 aromatic heterocycles. The van der Waals surface area contributed by atoms with Crippen LogP contribution < -0.4 is 10.1 Å². The van der Waals surface area contributed by atoms with Crippen molar-refractivity contribution in [3.05, 3.63) is 29.8 Å². The Morgan fingerprint density at radius 1 is 1.33 bits per heavy atom. The molecule has 3 nitrogen and oxygen atoms in total. The lowest BCUT2D eigenvalue weighted by Gasteiger charge is -2.20. The molecule has 0 radical (unpaired) electrons. The average Bonchev–Trinajstić information content (AvgIpc) is 2.41. The molecular weight excluding hydrogens is 224 g/mol. The van der Waals surface area contributed by atoms with Gasteiger partial charge < -0.3 is 10.1 Å². The summed E-state index contributed by atoms with van der Waals surface area (Å²) >= 11 is 0.